The van der Waals surface area contributed by atoms with Gasteiger partial charge in [-0.05, 0) is 24.1 Å². The number of benzene rings is 1. The van der Waals surface area contributed by atoms with Crippen LogP contribution in [0.5, 0.6) is 0 Å². The van der Waals surface area contributed by atoms with E-state index in [1.54, 1.807) is 18.4 Å². The number of hydrogen-bond acceptors (Lipinski definition) is 5. The summed E-state index contributed by atoms with van der Waals surface area (Å²) < 4.78 is 5.53. The Morgan fingerprint density at radius 1 is 1.34 bits per heavy atom. The number of thiazole rings is 1. The third-order valence-electron chi connectivity index (χ3n) is 4.99. The van der Waals surface area contributed by atoms with Crippen molar-refractivity contribution < 1.29 is 4.74 Å². The molecule has 1 saturated heterocycles. The van der Waals surface area contributed by atoms with Gasteiger partial charge in [0.2, 0.25) is 0 Å². The number of rotatable bonds is 8. The van der Waals surface area contributed by atoms with Gasteiger partial charge in [-0.2, -0.15) is 0 Å². The number of aryl methyl sites for hydroxylation is 1. The van der Waals surface area contributed by atoms with Crippen LogP contribution in [0.2, 0.25) is 5.02 Å². The third-order valence-corrected chi connectivity index (χ3v) is 6.42. The second kappa shape index (κ2) is 11.5. The number of aromatic nitrogens is 1. The molecule has 6 nitrogen and oxygen atoms in total. The van der Waals surface area contributed by atoms with E-state index in [1.807, 2.05) is 24.4 Å². The van der Waals surface area contributed by atoms with Gasteiger partial charge < -0.3 is 15.4 Å². The Hall–Kier alpha value is -1.67. The predicted molar refractivity (Wildman–Crippen MR) is 121 cm³/mol. The first-order valence-corrected chi connectivity index (χ1v) is 11.3. The van der Waals surface area contributed by atoms with Crippen LogP contribution in [0.1, 0.15) is 28.4 Å². The van der Waals surface area contributed by atoms with E-state index in [-0.39, 0.29) is 6.04 Å². The second-order valence-corrected chi connectivity index (χ2v) is 8.56. The molecule has 3 rings (SSSR count). The fourth-order valence-electron chi connectivity index (χ4n) is 3.39. The second-order valence-electron chi connectivity index (χ2n) is 6.92. The van der Waals surface area contributed by atoms with Crippen LogP contribution in [0.15, 0.2) is 35.5 Å². The first-order chi connectivity index (χ1) is 14.2. The van der Waals surface area contributed by atoms with Crippen LogP contribution in [-0.2, 0) is 17.6 Å². The first kappa shape index (κ1) is 22.0. The maximum atomic E-state index is 6.25. The molecule has 0 radical (unpaired) electrons. The van der Waals surface area contributed by atoms with E-state index in [1.165, 1.54) is 10.4 Å². The molecule has 29 heavy (non-hydrogen) atoms. The maximum absolute atomic E-state index is 6.25. The molecule has 1 aromatic heterocycles. The van der Waals surface area contributed by atoms with Crippen LogP contribution in [0, 0.1) is 0 Å². The van der Waals surface area contributed by atoms with Crippen LogP contribution >= 0.6 is 22.9 Å². The summed E-state index contributed by atoms with van der Waals surface area (Å²) in [5, 5.41) is 8.81. The van der Waals surface area contributed by atoms with Gasteiger partial charge in [0.25, 0.3) is 0 Å². The zero-order valence-electron chi connectivity index (χ0n) is 17.2. The number of hydrogen-bond donors (Lipinski definition) is 2. The van der Waals surface area contributed by atoms with Crippen LogP contribution in [0.4, 0.5) is 0 Å². The van der Waals surface area contributed by atoms with E-state index < -0.39 is 0 Å². The molecule has 1 aromatic carbocycles. The minimum absolute atomic E-state index is 0.210. The van der Waals surface area contributed by atoms with Gasteiger partial charge in [-0.15, -0.1) is 11.3 Å². The number of guanidine groups is 1. The van der Waals surface area contributed by atoms with Gasteiger partial charge in [0.05, 0.1) is 24.3 Å². The molecule has 0 amide bonds. The van der Waals surface area contributed by atoms with Gasteiger partial charge in [0.1, 0.15) is 0 Å². The maximum Gasteiger partial charge on any atom is 0.191 e. The Labute approximate surface area is 182 Å². The molecule has 1 atom stereocenters. The molecule has 2 N–H and O–H groups in total. The molecular weight excluding hydrogens is 406 g/mol. The van der Waals surface area contributed by atoms with Crippen molar-refractivity contribution in [1.29, 1.82) is 0 Å². The Morgan fingerprint density at radius 2 is 2.17 bits per heavy atom. The number of morpholine rings is 1. The zero-order valence-corrected chi connectivity index (χ0v) is 18.7. The van der Waals surface area contributed by atoms with Crippen LogP contribution in [0.3, 0.4) is 0 Å². The molecule has 158 valence electrons. The van der Waals surface area contributed by atoms with Crippen molar-refractivity contribution >= 4 is 28.9 Å². The minimum Gasteiger partial charge on any atom is -0.379 e. The highest BCUT2D eigenvalue weighted by molar-refractivity contribution is 7.11. The van der Waals surface area contributed by atoms with Crippen molar-refractivity contribution in [2.24, 2.45) is 4.99 Å². The minimum atomic E-state index is 0.210. The van der Waals surface area contributed by atoms with E-state index in [4.69, 9.17) is 16.3 Å². The Balaban J connectivity index is 1.56. The van der Waals surface area contributed by atoms with Crippen LogP contribution < -0.4 is 10.6 Å². The molecule has 2 heterocycles. The molecule has 1 aliphatic rings. The summed E-state index contributed by atoms with van der Waals surface area (Å²) in [7, 11) is 1.80. The molecular formula is C21H30ClN5OS. The van der Waals surface area contributed by atoms with E-state index >= 15 is 0 Å². The number of halogens is 1. The SMILES string of the molecule is CCc1cnc(CCNC(=NC)NCC(c2cccc(Cl)c2)N2CCOCC2)s1. The summed E-state index contributed by atoms with van der Waals surface area (Å²) in [6, 6.07) is 8.32. The molecule has 1 unspecified atom stereocenters. The summed E-state index contributed by atoms with van der Waals surface area (Å²) in [4.78, 5) is 12.6. The largest absolute Gasteiger partial charge is 0.379 e. The van der Waals surface area contributed by atoms with Gasteiger partial charge in [0.15, 0.2) is 5.96 Å². The lowest BCUT2D eigenvalue weighted by atomic mass is 10.0. The smallest absolute Gasteiger partial charge is 0.191 e. The summed E-state index contributed by atoms with van der Waals surface area (Å²) in [6.07, 6.45) is 3.91. The highest BCUT2D eigenvalue weighted by atomic mass is 35.5. The highest BCUT2D eigenvalue weighted by Crippen LogP contribution is 2.24. The van der Waals surface area contributed by atoms with Crippen molar-refractivity contribution in [1.82, 2.24) is 20.5 Å². The quantitative estimate of drug-likeness (QED) is 0.492. The fourth-order valence-corrected chi connectivity index (χ4v) is 4.45. The Kier molecular flexibility index (Phi) is 8.73. The number of ether oxygens (including phenoxy) is 1. The number of aliphatic imine (C=N–C) groups is 1. The van der Waals surface area contributed by atoms with Gasteiger partial charge >= 0.3 is 0 Å². The van der Waals surface area contributed by atoms with Gasteiger partial charge in [0, 0.05) is 55.7 Å². The summed E-state index contributed by atoms with van der Waals surface area (Å²) in [5.41, 5.74) is 1.21. The van der Waals surface area contributed by atoms with Crippen molar-refractivity contribution in [3.05, 3.63) is 50.9 Å². The van der Waals surface area contributed by atoms with E-state index in [0.717, 1.165) is 68.2 Å². The molecule has 2 aromatic rings. The summed E-state index contributed by atoms with van der Waals surface area (Å²) >= 11 is 8.04. The zero-order chi connectivity index (χ0) is 20.5. The van der Waals surface area contributed by atoms with Crippen molar-refractivity contribution in [2.75, 3.05) is 46.4 Å². The van der Waals surface area contributed by atoms with Crippen LogP contribution in [0.25, 0.3) is 0 Å². The normalized spacial score (nSPS) is 16.6. The Morgan fingerprint density at radius 3 is 2.86 bits per heavy atom. The molecule has 1 fully saturated rings. The predicted octanol–water partition coefficient (Wildman–Crippen LogP) is 3.14. The third kappa shape index (κ3) is 6.67. The highest BCUT2D eigenvalue weighted by Gasteiger charge is 2.23. The topological polar surface area (TPSA) is 61.8 Å². The molecule has 1 aliphatic heterocycles. The monoisotopic (exact) mass is 435 g/mol. The van der Waals surface area contributed by atoms with E-state index in [9.17, 15) is 0 Å². The average Bonchev–Trinajstić information content (AvgIpc) is 3.21. The molecule has 0 saturated carbocycles. The van der Waals surface area contributed by atoms with Crippen LogP contribution in [-0.4, -0.2) is 62.3 Å². The molecule has 0 bridgehead atoms. The van der Waals surface area contributed by atoms with E-state index in [2.05, 4.69) is 38.5 Å². The lowest BCUT2D eigenvalue weighted by Gasteiger charge is -2.35. The fraction of sp³-hybridized carbons (Fsp3) is 0.524. The number of nitrogens with zero attached hydrogens (tertiary/aromatic N) is 3. The average molecular weight is 436 g/mol. The number of nitrogens with one attached hydrogen (secondary N) is 2. The lowest BCUT2D eigenvalue weighted by Crippen LogP contribution is -2.46. The lowest BCUT2D eigenvalue weighted by molar-refractivity contribution is 0.0170. The first-order valence-electron chi connectivity index (χ1n) is 10.1. The summed E-state index contributed by atoms with van der Waals surface area (Å²) in [5.74, 6) is 0.803. The van der Waals surface area contributed by atoms with Gasteiger partial charge in [-0.1, -0.05) is 30.7 Å². The molecule has 0 aliphatic carbocycles. The summed E-state index contributed by atoms with van der Waals surface area (Å²) in [6.45, 7) is 7.05. The van der Waals surface area contributed by atoms with E-state index in [0.29, 0.717) is 0 Å². The van der Waals surface area contributed by atoms with Gasteiger partial charge in [-0.3, -0.25) is 9.89 Å². The van der Waals surface area contributed by atoms with Crippen molar-refractivity contribution in [3.63, 3.8) is 0 Å². The Bertz CT molecular complexity index is 791. The van der Waals surface area contributed by atoms with Crippen molar-refractivity contribution in [2.45, 2.75) is 25.8 Å². The molecule has 8 heteroatoms. The van der Waals surface area contributed by atoms with Crippen molar-refractivity contribution in [3.8, 4) is 0 Å². The molecule has 0 spiro atoms. The standard InChI is InChI=1S/C21H30ClN5OS/c1-3-18-14-25-20(29-18)7-8-24-21(23-2)26-15-19(27-9-11-28-12-10-27)16-5-4-6-17(22)13-16/h4-6,13-14,19H,3,7-12,15H2,1-2H3,(H2,23,24,26). The van der Waals surface area contributed by atoms with Gasteiger partial charge in [-0.25, -0.2) is 4.98 Å².